The van der Waals surface area contributed by atoms with Crippen LogP contribution in [0.5, 0.6) is 5.75 Å². The first-order valence-corrected chi connectivity index (χ1v) is 20.7. The van der Waals surface area contributed by atoms with Crippen molar-refractivity contribution in [1.82, 2.24) is 0 Å². The van der Waals surface area contributed by atoms with Crippen molar-refractivity contribution < 1.29 is 4.74 Å². The molecule has 2 unspecified atom stereocenters. The van der Waals surface area contributed by atoms with Gasteiger partial charge in [0.15, 0.2) is 0 Å². The number of benzene rings is 9. The minimum absolute atomic E-state index is 0.0194. The summed E-state index contributed by atoms with van der Waals surface area (Å²) < 4.78 is 6.56. The van der Waals surface area contributed by atoms with Gasteiger partial charge in [0.1, 0.15) is 11.9 Å². The van der Waals surface area contributed by atoms with Gasteiger partial charge in [-0.3, -0.25) is 0 Å². The van der Waals surface area contributed by atoms with Crippen LogP contribution in [0.2, 0.25) is 0 Å². The molecule has 2 heteroatoms. The van der Waals surface area contributed by atoms with Crippen LogP contribution in [-0.2, 0) is 5.41 Å². The number of ether oxygens (including phenoxy) is 1. The molecule has 0 N–H and O–H groups in total. The minimum Gasteiger partial charge on any atom is -0.485 e. The van der Waals surface area contributed by atoms with Crippen molar-refractivity contribution in [1.29, 1.82) is 0 Å². The van der Waals surface area contributed by atoms with E-state index in [-0.39, 0.29) is 17.4 Å². The van der Waals surface area contributed by atoms with E-state index in [1.807, 2.05) is 0 Å². The smallest absolute Gasteiger partial charge is 0.128 e. The van der Waals surface area contributed by atoms with Gasteiger partial charge in [-0.15, -0.1) is 0 Å². The number of anilines is 3. The lowest BCUT2D eigenvalue weighted by atomic mass is 9.82. The van der Waals surface area contributed by atoms with Gasteiger partial charge in [0.2, 0.25) is 0 Å². The lowest BCUT2D eigenvalue weighted by Gasteiger charge is -2.30. The van der Waals surface area contributed by atoms with Gasteiger partial charge in [-0.05, 0) is 120 Å². The second-order valence-corrected chi connectivity index (χ2v) is 16.8. The summed E-state index contributed by atoms with van der Waals surface area (Å²) in [6, 6.07) is 67.0. The molecule has 0 amide bonds. The zero-order valence-electron chi connectivity index (χ0n) is 33.1. The quantitative estimate of drug-likeness (QED) is 0.162. The molecule has 0 saturated heterocycles. The van der Waals surface area contributed by atoms with E-state index >= 15 is 0 Å². The Morgan fingerprint density at radius 1 is 0.492 bits per heavy atom. The predicted octanol–water partition coefficient (Wildman–Crippen LogP) is 15.1. The standard InChI is InChI=1S/C57H41NO/c1-57(2)52-20-9-7-17-48(52)49-30-28-42(35-53(49)57)58(41-26-22-37(23-27-41)44-18-11-19-46-43-15-6-5-12-36(43)24-29-47(44)46)54-21-10-8-16-45(54)40-25-31-55-50(33-40)51-32-38-13-3-4-14-39(38)34-56(51)59-55/h3-35,50,55H,1-2H3. The summed E-state index contributed by atoms with van der Waals surface area (Å²) in [6.07, 6.45) is 6.93. The average molecular weight is 756 g/mol. The van der Waals surface area contributed by atoms with Gasteiger partial charge in [-0.25, -0.2) is 0 Å². The molecule has 0 aromatic heterocycles. The largest absolute Gasteiger partial charge is 0.485 e. The third-order valence-electron chi connectivity index (χ3n) is 13.2. The van der Waals surface area contributed by atoms with Crippen molar-refractivity contribution >= 4 is 55.0 Å². The fourth-order valence-corrected chi connectivity index (χ4v) is 10.2. The third kappa shape index (κ3) is 5.26. The van der Waals surface area contributed by atoms with E-state index in [1.165, 1.54) is 82.4 Å². The normalized spacial score (nSPS) is 16.9. The Balaban J connectivity index is 1.00. The van der Waals surface area contributed by atoms with Crippen molar-refractivity contribution in [2.24, 2.45) is 0 Å². The average Bonchev–Trinajstić information content (AvgIpc) is 3.75. The van der Waals surface area contributed by atoms with E-state index in [0.717, 1.165) is 22.8 Å². The van der Waals surface area contributed by atoms with E-state index in [4.69, 9.17) is 4.74 Å². The predicted molar refractivity (Wildman–Crippen MR) is 247 cm³/mol. The maximum Gasteiger partial charge on any atom is 0.128 e. The molecule has 59 heavy (non-hydrogen) atoms. The first kappa shape index (κ1) is 33.9. The number of rotatable bonds is 5. The summed E-state index contributed by atoms with van der Waals surface area (Å²) in [6.45, 7) is 4.72. The molecular weight excluding hydrogens is 715 g/mol. The molecule has 2 atom stereocenters. The van der Waals surface area contributed by atoms with Crippen molar-refractivity contribution in [3.63, 3.8) is 0 Å². The molecule has 2 nitrogen and oxygen atoms in total. The van der Waals surface area contributed by atoms with Crippen LogP contribution in [0.4, 0.5) is 17.1 Å². The van der Waals surface area contributed by atoms with Crippen molar-refractivity contribution in [3.8, 4) is 28.0 Å². The van der Waals surface area contributed by atoms with Crippen molar-refractivity contribution in [2.45, 2.75) is 31.3 Å². The van der Waals surface area contributed by atoms with E-state index in [9.17, 15) is 0 Å². The molecule has 0 radical (unpaired) electrons. The Morgan fingerprint density at radius 2 is 1.17 bits per heavy atom. The second-order valence-electron chi connectivity index (χ2n) is 16.8. The Kier molecular flexibility index (Phi) is 7.43. The first-order valence-electron chi connectivity index (χ1n) is 20.7. The molecule has 280 valence electrons. The highest BCUT2D eigenvalue weighted by Gasteiger charge is 2.37. The van der Waals surface area contributed by atoms with Crippen molar-refractivity contribution in [3.05, 3.63) is 222 Å². The van der Waals surface area contributed by atoms with Crippen LogP contribution in [0.15, 0.2) is 200 Å². The molecule has 1 heterocycles. The van der Waals surface area contributed by atoms with Gasteiger partial charge in [0, 0.05) is 33.8 Å². The van der Waals surface area contributed by atoms with Gasteiger partial charge in [0.25, 0.3) is 0 Å². The van der Waals surface area contributed by atoms with Crippen LogP contribution >= 0.6 is 0 Å². The SMILES string of the molecule is CC1(C)c2ccccc2-c2ccc(N(c3ccc(-c4cccc5c4ccc4ccccc45)cc3)c3ccccc3C3=CC4c5cc6ccccc6cc5OC4C=C3)cc21. The molecule has 1 aliphatic heterocycles. The summed E-state index contributed by atoms with van der Waals surface area (Å²) in [4.78, 5) is 2.46. The lowest BCUT2D eigenvalue weighted by Crippen LogP contribution is -2.18. The fraction of sp³-hybridized carbons (Fsp3) is 0.0877. The lowest BCUT2D eigenvalue weighted by molar-refractivity contribution is 0.269. The van der Waals surface area contributed by atoms with Gasteiger partial charge in [-0.2, -0.15) is 0 Å². The summed E-state index contributed by atoms with van der Waals surface area (Å²) in [5, 5.41) is 7.54. The maximum atomic E-state index is 6.56. The highest BCUT2D eigenvalue weighted by molar-refractivity contribution is 6.12. The van der Waals surface area contributed by atoms with Crippen LogP contribution in [0.3, 0.4) is 0 Å². The molecule has 2 aliphatic carbocycles. The zero-order valence-corrected chi connectivity index (χ0v) is 33.1. The molecule has 0 saturated carbocycles. The Bertz CT molecular complexity index is 3240. The monoisotopic (exact) mass is 755 g/mol. The number of allylic oxidation sites excluding steroid dienone is 2. The van der Waals surface area contributed by atoms with Crippen LogP contribution in [0, 0.1) is 0 Å². The number of fused-ring (bicyclic) bond motifs is 10. The Labute approximate surface area is 345 Å². The number of hydrogen-bond donors (Lipinski definition) is 0. The molecule has 0 fully saturated rings. The molecule has 9 aromatic rings. The molecular formula is C57H41NO. The molecule has 9 aromatic carbocycles. The number of para-hydroxylation sites is 1. The van der Waals surface area contributed by atoms with Gasteiger partial charge in [0.05, 0.1) is 5.69 Å². The van der Waals surface area contributed by atoms with Crippen LogP contribution < -0.4 is 9.64 Å². The zero-order chi connectivity index (χ0) is 39.2. The van der Waals surface area contributed by atoms with Crippen LogP contribution in [0.25, 0.3) is 60.1 Å². The Hall–Kier alpha value is -7.16. The van der Waals surface area contributed by atoms with Crippen LogP contribution in [-0.4, -0.2) is 6.10 Å². The minimum atomic E-state index is -0.126. The summed E-state index contributed by atoms with van der Waals surface area (Å²) in [5.41, 5.74) is 14.7. The van der Waals surface area contributed by atoms with E-state index in [2.05, 4.69) is 219 Å². The van der Waals surface area contributed by atoms with E-state index in [0.29, 0.717) is 0 Å². The summed E-state index contributed by atoms with van der Waals surface area (Å²) in [7, 11) is 0. The molecule has 12 rings (SSSR count). The van der Waals surface area contributed by atoms with E-state index < -0.39 is 0 Å². The van der Waals surface area contributed by atoms with Crippen molar-refractivity contribution in [2.75, 3.05) is 4.90 Å². The van der Waals surface area contributed by atoms with Gasteiger partial charge >= 0.3 is 0 Å². The molecule has 3 aliphatic rings. The number of hydrogen-bond acceptors (Lipinski definition) is 2. The highest BCUT2D eigenvalue weighted by Crippen LogP contribution is 2.52. The number of nitrogens with zero attached hydrogens (tertiary/aromatic N) is 1. The Morgan fingerprint density at radius 3 is 2.03 bits per heavy atom. The molecule has 0 spiro atoms. The summed E-state index contributed by atoms with van der Waals surface area (Å²) >= 11 is 0. The maximum absolute atomic E-state index is 6.56. The molecule has 0 bridgehead atoms. The first-order chi connectivity index (χ1) is 29.0. The second kappa shape index (κ2) is 12.9. The van der Waals surface area contributed by atoms with Gasteiger partial charge < -0.3 is 9.64 Å². The topological polar surface area (TPSA) is 12.5 Å². The van der Waals surface area contributed by atoms with Crippen LogP contribution in [0.1, 0.15) is 42.0 Å². The fourth-order valence-electron chi connectivity index (χ4n) is 10.2. The van der Waals surface area contributed by atoms with E-state index in [1.54, 1.807) is 0 Å². The van der Waals surface area contributed by atoms with Gasteiger partial charge in [-0.1, -0.05) is 166 Å². The third-order valence-corrected chi connectivity index (χ3v) is 13.2. The summed E-state index contributed by atoms with van der Waals surface area (Å²) in [5.74, 6) is 1.12. The highest BCUT2D eigenvalue weighted by atomic mass is 16.5.